The quantitative estimate of drug-likeness (QED) is 0.648. The zero-order valence-electron chi connectivity index (χ0n) is 13.2. The molecule has 0 fully saturated rings. The maximum Gasteiger partial charge on any atom is 0.267 e. The molecule has 0 spiro atoms. The minimum Gasteiger partial charge on any atom is -0.302 e. The lowest BCUT2D eigenvalue weighted by Crippen LogP contribution is -2.16. The number of hydrogen-bond acceptors (Lipinski definition) is 2. The van der Waals surface area contributed by atoms with Crippen molar-refractivity contribution in [2.24, 2.45) is 0 Å². The monoisotopic (exact) mass is 384 g/mol. The highest BCUT2D eigenvalue weighted by Gasteiger charge is 2.24. The van der Waals surface area contributed by atoms with Crippen molar-refractivity contribution in [2.75, 3.05) is 0 Å². The fourth-order valence-corrected chi connectivity index (χ4v) is 3.15. The van der Waals surface area contributed by atoms with E-state index < -0.39 is 0 Å². The van der Waals surface area contributed by atoms with Crippen LogP contribution in [0.5, 0.6) is 0 Å². The van der Waals surface area contributed by atoms with Crippen molar-refractivity contribution in [3.05, 3.63) is 91.8 Å². The summed E-state index contributed by atoms with van der Waals surface area (Å²) in [5.41, 5.74) is 2.79. The van der Waals surface area contributed by atoms with Gasteiger partial charge < -0.3 is 5.10 Å². The van der Waals surface area contributed by atoms with E-state index >= 15 is 0 Å². The van der Waals surface area contributed by atoms with Crippen molar-refractivity contribution in [2.45, 2.75) is 19.3 Å². The van der Waals surface area contributed by atoms with E-state index in [1.54, 1.807) is 12.1 Å². The highest BCUT2D eigenvalue weighted by atomic mass is 79.9. The minimum atomic E-state index is -0.291. The van der Waals surface area contributed by atoms with Gasteiger partial charge in [0.1, 0.15) is 0 Å². The lowest BCUT2D eigenvalue weighted by atomic mass is 9.86. The van der Waals surface area contributed by atoms with E-state index in [-0.39, 0.29) is 23.7 Å². The van der Waals surface area contributed by atoms with Gasteiger partial charge in [-0.3, -0.25) is 14.7 Å². The third-order valence-electron chi connectivity index (χ3n) is 4.12. The zero-order valence-corrected chi connectivity index (χ0v) is 14.8. The first-order chi connectivity index (χ1) is 11.6. The third-order valence-corrected chi connectivity index (χ3v) is 4.65. The molecule has 122 valence electrons. The molecule has 3 aromatic rings. The summed E-state index contributed by atoms with van der Waals surface area (Å²) in [5, 5.41) is 5.46. The summed E-state index contributed by atoms with van der Waals surface area (Å²) >= 11 is 3.42. The van der Waals surface area contributed by atoms with Crippen LogP contribution in [0.2, 0.25) is 0 Å². The molecule has 24 heavy (non-hydrogen) atoms. The van der Waals surface area contributed by atoms with Gasteiger partial charge in [0.25, 0.3) is 5.56 Å². The average Bonchev–Trinajstić information content (AvgIpc) is 2.93. The standard InChI is InChI=1S/C19H17BrN2O2/c1-12-18(19(24)22-21-12)16(13-7-9-15(20)10-8-13)11-17(23)14-5-3-2-4-6-14/h2-10,16H,11H2,1H3,(H2,21,22,24). The summed E-state index contributed by atoms with van der Waals surface area (Å²) < 4.78 is 0.957. The predicted octanol–water partition coefficient (Wildman–Crippen LogP) is 4.18. The number of nitrogens with one attached hydrogen (secondary N) is 2. The molecule has 0 radical (unpaired) electrons. The fraction of sp³-hybridized carbons (Fsp3) is 0.158. The van der Waals surface area contributed by atoms with Gasteiger partial charge in [0.2, 0.25) is 0 Å². The zero-order chi connectivity index (χ0) is 17.1. The molecule has 0 aliphatic heterocycles. The molecule has 2 aromatic carbocycles. The van der Waals surface area contributed by atoms with Crippen LogP contribution in [-0.2, 0) is 0 Å². The number of benzene rings is 2. The molecule has 0 aliphatic carbocycles. The van der Waals surface area contributed by atoms with Gasteiger partial charge in [-0.2, -0.15) is 0 Å². The second kappa shape index (κ2) is 7.01. The second-order valence-corrected chi connectivity index (χ2v) is 6.63. The summed E-state index contributed by atoms with van der Waals surface area (Å²) in [6, 6.07) is 16.9. The number of H-pyrrole nitrogens is 2. The van der Waals surface area contributed by atoms with Crippen LogP contribution in [0.4, 0.5) is 0 Å². The lowest BCUT2D eigenvalue weighted by Gasteiger charge is -2.16. The van der Waals surface area contributed by atoms with Crippen molar-refractivity contribution in [3.63, 3.8) is 0 Å². The number of aryl methyl sites for hydroxylation is 1. The van der Waals surface area contributed by atoms with Gasteiger partial charge in [0.15, 0.2) is 5.78 Å². The topological polar surface area (TPSA) is 65.7 Å². The SMILES string of the molecule is Cc1[nH][nH]c(=O)c1C(CC(=O)c1ccccc1)c1ccc(Br)cc1. The van der Waals surface area contributed by atoms with E-state index in [0.29, 0.717) is 11.1 Å². The molecule has 0 aliphatic rings. The van der Waals surface area contributed by atoms with Crippen molar-refractivity contribution < 1.29 is 4.79 Å². The lowest BCUT2D eigenvalue weighted by molar-refractivity contribution is 0.0977. The molecule has 0 saturated carbocycles. The number of aromatic nitrogens is 2. The minimum absolute atomic E-state index is 0.0171. The molecule has 0 amide bonds. The van der Waals surface area contributed by atoms with Crippen molar-refractivity contribution >= 4 is 21.7 Å². The Bertz CT molecular complexity index is 895. The Labute approximate surface area is 148 Å². The Balaban J connectivity index is 2.01. The molecule has 5 heteroatoms. The molecule has 1 aromatic heterocycles. The molecule has 3 rings (SSSR count). The van der Waals surface area contributed by atoms with Gasteiger partial charge in [0.05, 0.1) is 0 Å². The Morgan fingerprint density at radius 3 is 2.29 bits per heavy atom. The molecule has 1 heterocycles. The van der Waals surface area contributed by atoms with E-state index in [9.17, 15) is 9.59 Å². The van der Waals surface area contributed by atoms with E-state index in [0.717, 1.165) is 15.7 Å². The van der Waals surface area contributed by atoms with Crippen molar-refractivity contribution in [3.8, 4) is 0 Å². The molecular formula is C19H17BrN2O2. The highest BCUT2D eigenvalue weighted by molar-refractivity contribution is 9.10. The summed E-state index contributed by atoms with van der Waals surface area (Å²) in [6.07, 6.45) is 0.243. The molecule has 1 atom stereocenters. The predicted molar refractivity (Wildman–Crippen MR) is 97.5 cm³/mol. The molecule has 0 saturated heterocycles. The third kappa shape index (κ3) is 3.41. The smallest absolute Gasteiger partial charge is 0.267 e. The van der Waals surface area contributed by atoms with Crippen LogP contribution in [0, 0.1) is 6.92 Å². The van der Waals surface area contributed by atoms with Crippen LogP contribution in [0.1, 0.15) is 39.5 Å². The van der Waals surface area contributed by atoms with Crippen LogP contribution < -0.4 is 5.56 Å². The molecule has 2 N–H and O–H groups in total. The Morgan fingerprint density at radius 2 is 1.71 bits per heavy atom. The number of hydrogen-bond donors (Lipinski definition) is 2. The first kappa shape index (κ1) is 16.5. The number of carbonyl (C=O) groups excluding carboxylic acids is 1. The van der Waals surface area contributed by atoms with Crippen LogP contribution in [0.3, 0.4) is 0 Å². The van der Waals surface area contributed by atoms with Gasteiger partial charge >= 0.3 is 0 Å². The van der Waals surface area contributed by atoms with Crippen molar-refractivity contribution in [1.29, 1.82) is 0 Å². The van der Waals surface area contributed by atoms with Crippen molar-refractivity contribution in [1.82, 2.24) is 10.2 Å². The first-order valence-electron chi connectivity index (χ1n) is 7.67. The Kier molecular flexibility index (Phi) is 4.81. The highest BCUT2D eigenvalue weighted by Crippen LogP contribution is 2.29. The number of halogens is 1. The summed E-state index contributed by atoms with van der Waals surface area (Å²) in [4.78, 5) is 24.9. The van der Waals surface area contributed by atoms with Crippen LogP contribution in [0.15, 0.2) is 63.9 Å². The normalized spacial score (nSPS) is 12.1. The maximum atomic E-state index is 12.7. The average molecular weight is 385 g/mol. The van der Waals surface area contributed by atoms with Crippen LogP contribution >= 0.6 is 15.9 Å². The van der Waals surface area contributed by atoms with Gasteiger partial charge in [-0.25, -0.2) is 0 Å². The Hall–Kier alpha value is -2.40. The molecule has 0 bridgehead atoms. The number of ketones is 1. The summed E-state index contributed by atoms with van der Waals surface area (Å²) in [5.74, 6) is -0.274. The number of carbonyl (C=O) groups is 1. The van der Waals surface area contributed by atoms with E-state index in [1.165, 1.54) is 0 Å². The van der Waals surface area contributed by atoms with Gasteiger partial charge in [-0.05, 0) is 24.6 Å². The maximum absolute atomic E-state index is 12.7. The van der Waals surface area contributed by atoms with E-state index in [1.807, 2.05) is 49.4 Å². The first-order valence-corrected chi connectivity index (χ1v) is 8.46. The molecule has 4 nitrogen and oxygen atoms in total. The molecular weight excluding hydrogens is 368 g/mol. The number of aromatic amines is 2. The Morgan fingerprint density at radius 1 is 1.04 bits per heavy atom. The fourth-order valence-electron chi connectivity index (χ4n) is 2.88. The van der Waals surface area contributed by atoms with Crippen LogP contribution in [-0.4, -0.2) is 16.0 Å². The second-order valence-electron chi connectivity index (χ2n) is 5.72. The number of Topliss-reactive ketones (excluding diaryl/α,β-unsaturated/α-hetero) is 1. The van der Waals surface area contributed by atoms with Gasteiger partial charge in [-0.15, -0.1) is 0 Å². The number of rotatable bonds is 5. The van der Waals surface area contributed by atoms with Crippen LogP contribution in [0.25, 0.3) is 0 Å². The van der Waals surface area contributed by atoms with E-state index in [2.05, 4.69) is 26.1 Å². The van der Waals surface area contributed by atoms with Gasteiger partial charge in [-0.1, -0.05) is 58.4 Å². The van der Waals surface area contributed by atoms with E-state index in [4.69, 9.17) is 0 Å². The summed E-state index contributed by atoms with van der Waals surface area (Å²) in [6.45, 7) is 1.84. The van der Waals surface area contributed by atoms with Gasteiger partial charge in [0, 0.05) is 33.6 Å². The largest absolute Gasteiger partial charge is 0.302 e. The summed E-state index contributed by atoms with van der Waals surface area (Å²) in [7, 11) is 0. The molecule has 1 unspecified atom stereocenters.